The van der Waals surface area contributed by atoms with E-state index >= 15 is 0 Å². The molecule has 1 rings (SSSR count). The standard InChI is InChI=1S/C12H23NOSi2/c1-14-16(4,5)11-10-15(2,3)12-6-8-13-9-7-12/h6-9H,10-11H2,1-5H3. The largest absolute Gasteiger partial charge is 0.420 e. The highest BCUT2D eigenvalue weighted by molar-refractivity contribution is 6.91. The zero-order valence-corrected chi connectivity index (χ0v) is 13.1. The Morgan fingerprint density at radius 1 is 1.06 bits per heavy atom. The number of pyridine rings is 1. The van der Waals surface area contributed by atoms with Crippen LogP contribution in [-0.2, 0) is 4.43 Å². The molecular weight excluding hydrogens is 230 g/mol. The van der Waals surface area contributed by atoms with Crippen molar-refractivity contribution in [2.45, 2.75) is 38.3 Å². The molecule has 4 heteroatoms. The minimum atomic E-state index is -1.40. The Morgan fingerprint density at radius 2 is 1.62 bits per heavy atom. The normalized spacial score (nSPS) is 12.8. The van der Waals surface area contributed by atoms with Gasteiger partial charge in [0.15, 0.2) is 8.32 Å². The smallest absolute Gasteiger partial charge is 0.185 e. The van der Waals surface area contributed by atoms with Crippen molar-refractivity contribution >= 4 is 21.6 Å². The van der Waals surface area contributed by atoms with Gasteiger partial charge in [-0.05, 0) is 31.3 Å². The second kappa shape index (κ2) is 5.25. The van der Waals surface area contributed by atoms with E-state index in [4.69, 9.17) is 4.43 Å². The fourth-order valence-corrected chi connectivity index (χ4v) is 8.12. The molecule has 0 atom stereocenters. The number of nitrogens with zero attached hydrogens (tertiary/aromatic N) is 1. The van der Waals surface area contributed by atoms with Crippen LogP contribution in [0.25, 0.3) is 0 Å². The van der Waals surface area contributed by atoms with Gasteiger partial charge in [0.1, 0.15) is 0 Å². The second-order valence-electron chi connectivity index (χ2n) is 5.58. The van der Waals surface area contributed by atoms with Crippen LogP contribution in [-0.4, -0.2) is 28.5 Å². The molecule has 0 amide bonds. The number of hydrogen-bond acceptors (Lipinski definition) is 2. The highest BCUT2D eigenvalue weighted by Gasteiger charge is 2.28. The van der Waals surface area contributed by atoms with Gasteiger partial charge in [-0.1, -0.05) is 24.3 Å². The van der Waals surface area contributed by atoms with Gasteiger partial charge in [-0.2, -0.15) is 0 Å². The summed E-state index contributed by atoms with van der Waals surface area (Å²) in [6, 6.07) is 6.91. The Balaban J connectivity index is 2.66. The minimum absolute atomic E-state index is 1.26. The van der Waals surface area contributed by atoms with Crippen LogP contribution < -0.4 is 5.19 Å². The fraction of sp³-hybridized carbons (Fsp3) is 0.583. The highest BCUT2D eigenvalue weighted by atomic mass is 28.4. The van der Waals surface area contributed by atoms with Crippen molar-refractivity contribution in [3.05, 3.63) is 24.5 Å². The van der Waals surface area contributed by atoms with Crippen LogP contribution in [0.5, 0.6) is 0 Å². The third kappa shape index (κ3) is 3.84. The zero-order valence-electron chi connectivity index (χ0n) is 11.1. The molecule has 1 heterocycles. The molecule has 2 nitrogen and oxygen atoms in total. The topological polar surface area (TPSA) is 22.1 Å². The van der Waals surface area contributed by atoms with Crippen molar-refractivity contribution in [2.75, 3.05) is 7.11 Å². The summed E-state index contributed by atoms with van der Waals surface area (Å²) < 4.78 is 5.62. The third-order valence-electron chi connectivity index (χ3n) is 3.37. The maximum absolute atomic E-state index is 5.62. The third-order valence-corrected chi connectivity index (χ3v) is 9.82. The second-order valence-corrected chi connectivity index (χ2v) is 14.9. The molecule has 0 bridgehead atoms. The van der Waals surface area contributed by atoms with Gasteiger partial charge < -0.3 is 4.43 Å². The molecule has 1 aromatic heterocycles. The van der Waals surface area contributed by atoms with Gasteiger partial charge in [0.25, 0.3) is 0 Å². The summed E-state index contributed by atoms with van der Waals surface area (Å²) in [5, 5.41) is 1.50. The van der Waals surface area contributed by atoms with Gasteiger partial charge in [-0.15, -0.1) is 0 Å². The lowest BCUT2D eigenvalue weighted by Gasteiger charge is -2.27. The summed E-state index contributed by atoms with van der Waals surface area (Å²) in [4.78, 5) is 4.09. The van der Waals surface area contributed by atoms with E-state index in [-0.39, 0.29) is 0 Å². The van der Waals surface area contributed by atoms with Crippen LogP contribution in [0.1, 0.15) is 0 Å². The number of aromatic nitrogens is 1. The first-order valence-corrected chi connectivity index (χ1v) is 12.2. The molecule has 0 aliphatic carbocycles. The molecule has 0 fully saturated rings. The predicted molar refractivity (Wildman–Crippen MR) is 75.5 cm³/mol. The molecule has 0 spiro atoms. The van der Waals surface area contributed by atoms with Crippen molar-refractivity contribution in [3.63, 3.8) is 0 Å². The lowest BCUT2D eigenvalue weighted by atomic mass is 10.5. The summed E-state index contributed by atoms with van der Waals surface area (Å²) in [6.07, 6.45) is 3.81. The van der Waals surface area contributed by atoms with E-state index in [1.54, 1.807) is 0 Å². The van der Waals surface area contributed by atoms with Crippen LogP contribution in [0.4, 0.5) is 0 Å². The monoisotopic (exact) mass is 253 g/mol. The first kappa shape index (κ1) is 13.6. The molecule has 0 saturated heterocycles. The van der Waals surface area contributed by atoms with Crippen LogP contribution in [0, 0.1) is 0 Å². The molecule has 0 radical (unpaired) electrons. The lowest BCUT2D eigenvalue weighted by molar-refractivity contribution is 0.405. The SMILES string of the molecule is CO[Si](C)(C)CC[Si](C)(C)c1ccncc1. The average molecular weight is 253 g/mol. The van der Waals surface area contributed by atoms with E-state index in [2.05, 4.69) is 43.3 Å². The van der Waals surface area contributed by atoms with Crippen LogP contribution in [0.3, 0.4) is 0 Å². The molecule has 0 aliphatic heterocycles. The van der Waals surface area contributed by atoms with Gasteiger partial charge >= 0.3 is 0 Å². The first-order chi connectivity index (χ1) is 7.37. The molecule has 0 saturated carbocycles. The van der Waals surface area contributed by atoms with Crippen LogP contribution >= 0.6 is 0 Å². The first-order valence-electron chi connectivity index (χ1n) is 5.83. The van der Waals surface area contributed by atoms with Crippen molar-refractivity contribution in [1.82, 2.24) is 4.98 Å². The van der Waals surface area contributed by atoms with Gasteiger partial charge in [0.05, 0.1) is 8.07 Å². The van der Waals surface area contributed by atoms with E-state index in [0.717, 1.165) is 0 Å². The summed E-state index contributed by atoms with van der Waals surface area (Å²) in [6.45, 7) is 9.46. The maximum atomic E-state index is 5.62. The lowest BCUT2D eigenvalue weighted by Crippen LogP contribution is -2.43. The van der Waals surface area contributed by atoms with Crippen LogP contribution in [0.15, 0.2) is 24.5 Å². The van der Waals surface area contributed by atoms with E-state index < -0.39 is 16.4 Å². The molecule has 0 unspecified atom stereocenters. The quantitative estimate of drug-likeness (QED) is 0.753. The summed E-state index contributed by atoms with van der Waals surface area (Å²) >= 11 is 0. The van der Waals surface area contributed by atoms with Gasteiger partial charge in [0.2, 0.25) is 0 Å². The Kier molecular flexibility index (Phi) is 4.46. The molecule has 16 heavy (non-hydrogen) atoms. The molecule has 0 aromatic carbocycles. The summed E-state index contributed by atoms with van der Waals surface area (Å²) in [7, 11) is -0.837. The molecule has 0 aliphatic rings. The maximum Gasteiger partial charge on any atom is 0.185 e. The Bertz CT molecular complexity index is 325. The molecule has 1 aromatic rings. The van der Waals surface area contributed by atoms with E-state index in [1.165, 1.54) is 17.3 Å². The predicted octanol–water partition coefficient (Wildman–Crippen LogP) is 2.85. The number of rotatable bonds is 5. The summed E-state index contributed by atoms with van der Waals surface area (Å²) in [5.41, 5.74) is 0. The fourth-order valence-electron chi connectivity index (χ4n) is 1.66. The Morgan fingerprint density at radius 3 is 2.12 bits per heavy atom. The van der Waals surface area contributed by atoms with E-state index in [1.807, 2.05) is 19.5 Å². The van der Waals surface area contributed by atoms with Gasteiger partial charge in [-0.25, -0.2) is 0 Å². The van der Waals surface area contributed by atoms with Crippen LogP contribution in [0.2, 0.25) is 38.3 Å². The van der Waals surface area contributed by atoms with Crippen molar-refractivity contribution in [3.8, 4) is 0 Å². The molecular formula is C12H23NOSi2. The zero-order chi connectivity index (χ0) is 12.2. The highest BCUT2D eigenvalue weighted by Crippen LogP contribution is 2.20. The Hall–Kier alpha value is -0.456. The Labute approximate surface area is 101 Å². The minimum Gasteiger partial charge on any atom is -0.420 e. The van der Waals surface area contributed by atoms with E-state index in [0.29, 0.717) is 0 Å². The van der Waals surface area contributed by atoms with Crippen molar-refractivity contribution < 1.29 is 4.43 Å². The summed E-state index contributed by atoms with van der Waals surface area (Å²) in [5.74, 6) is 0. The van der Waals surface area contributed by atoms with Crippen molar-refractivity contribution in [2.24, 2.45) is 0 Å². The van der Waals surface area contributed by atoms with E-state index in [9.17, 15) is 0 Å². The molecule has 0 N–H and O–H groups in total. The van der Waals surface area contributed by atoms with Gasteiger partial charge in [0, 0.05) is 19.5 Å². The number of hydrogen-bond donors (Lipinski definition) is 0. The average Bonchev–Trinajstić information content (AvgIpc) is 2.28. The van der Waals surface area contributed by atoms with Gasteiger partial charge in [-0.3, -0.25) is 4.98 Å². The molecule has 90 valence electrons. The van der Waals surface area contributed by atoms with Crippen molar-refractivity contribution in [1.29, 1.82) is 0 Å².